The van der Waals surface area contributed by atoms with Crippen LogP contribution in [0, 0.1) is 0 Å². The van der Waals surface area contributed by atoms with Crippen molar-refractivity contribution in [3.63, 3.8) is 0 Å². The lowest BCUT2D eigenvalue weighted by Crippen LogP contribution is -2.47. The smallest absolute Gasteiger partial charge is 0.326 e. The number of H-pyrrole nitrogens is 1. The Kier molecular flexibility index (Phi) is 4.86. The fourth-order valence-electron chi connectivity index (χ4n) is 1.35. The van der Waals surface area contributed by atoms with Crippen molar-refractivity contribution in [1.82, 2.24) is 20.6 Å². The number of carboxylic acids is 2. The number of nitrogens with zero attached hydrogens (tertiary/aromatic N) is 1. The van der Waals surface area contributed by atoms with Gasteiger partial charge in [-0.05, 0) is 6.92 Å². The molecule has 0 spiro atoms. The molecule has 0 bridgehead atoms. The maximum Gasteiger partial charge on any atom is 0.326 e. The predicted molar refractivity (Wildman–Crippen MR) is 62.3 cm³/mol. The molecule has 0 saturated heterocycles. The second kappa shape index (κ2) is 6.38. The molecular formula is C10H14N4O5. The summed E-state index contributed by atoms with van der Waals surface area (Å²) >= 11 is 0. The van der Waals surface area contributed by atoms with Crippen LogP contribution in [0.5, 0.6) is 0 Å². The molecule has 1 heterocycles. The van der Waals surface area contributed by atoms with Crippen LogP contribution in [0.2, 0.25) is 0 Å². The van der Waals surface area contributed by atoms with Gasteiger partial charge >= 0.3 is 18.0 Å². The number of urea groups is 1. The van der Waals surface area contributed by atoms with Crippen molar-refractivity contribution in [2.24, 2.45) is 0 Å². The van der Waals surface area contributed by atoms with E-state index in [2.05, 4.69) is 20.6 Å². The standard InChI is InChI=1S/C10H14N4O5/c1-5(8-11-2-3-12-8)13-10(19)14-6(9(17)18)4-7(15)16/h2-3,5-6H,4H2,1H3,(H,11,12)(H,15,16)(H,17,18)(H2,13,14,19)/t5?,6-/m1/s1. The first-order valence-electron chi connectivity index (χ1n) is 5.41. The van der Waals surface area contributed by atoms with E-state index in [1.165, 1.54) is 6.20 Å². The zero-order valence-corrected chi connectivity index (χ0v) is 10.1. The quantitative estimate of drug-likeness (QED) is 0.480. The highest BCUT2D eigenvalue weighted by Crippen LogP contribution is 2.04. The summed E-state index contributed by atoms with van der Waals surface area (Å²) in [7, 11) is 0. The number of carboxylic acid groups (broad SMARTS) is 2. The van der Waals surface area contributed by atoms with E-state index in [9.17, 15) is 14.4 Å². The minimum absolute atomic E-state index is 0.464. The highest BCUT2D eigenvalue weighted by atomic mass is 16.4. The van der Waals surface area contributed by atoms with Crippen LogP contribution < -0.4 is 10.6 Å². The van der Waals surface area contributed by atoms with Crippen molar-refractivity contribution in [2.75, 3.05) is 0 Å². The van der Waals surface area contributed by atoms with E-state index in [1.807, 2.05) is 0 Å². The molecule has 19 heavy (non-hydrogen) atoms. The summed E-state index contributed by atoms with van der Waals surface area (Å²) < 4.78 is 0. The Hall–Kier alpha value is -2.58. The van der Waals surface area contributed by atoms with Crippen molar-refractivity contribution < 1.29 is 24.6 Å². The number of hydrogen-bond donors (Lipinski definition) is 5. The molecule has 9 heteroatoms. The fourth-order valence-corrected chi connectivity index (χ4v) is 1.35. The number of carbonyl (C=O) groups excluding carboxylic acids is 1. The number of imidazole rings is 1. The number of nitrogens with one attached hydrogen (secondary N) is 3. The van der Waals surface area contributed by atoms with Crippen molar-refractivity contribution in [1.29, 1.82) is 0 Å². The van der Waals surface area contributed by atoms with E-state index in [0.29, 0.717) is 5.82 Å². The molecule has 0 aliphatic rings. The molecule has 9 nitrogen and oxygen atoms in total. The number of aromatic amines is 1. The average Bonchev–Trinajstić information content (AvgIpc) is 2.80. The molecule has 1 unspecified atom stereocenters. The number of carbonyl (C=O) groups is 3. The zero-order valence-electron chi connectivity index (χ0n) is 10.1. The number of aliphatic carboxylic acids is 2. The van der Waals surface area contributed by atoms with Gasteiger partial charge in [-0.3, -0.25) is 4.79 Å². The largest absolute Gasteiger partial charge is 0.481 e. The van der Waals surface area contributed by atoms with Gasteiger partial charge in [-0.1, -0.05) is 0 Å². The number of rotatable bonds is 6. The Morgan fingerprint density at radius 3 is 2.53 bits per heavy atom. The molecule has 0 fully saturated rings. The highest BCUT2D eigenvalue weighted by molar-refractivity contribution is 5.86. The van der Waals surface area contributed by atoms with Crippen LogP contribution in [0.1, 0.15) is 25.2 Å². The topological polar surface area (TPSA) is 144 Å². The zero-order chi connectivity index (χ0) is 14.4. The van der Waals surface area contributed by atoms with Crippen LogP contribution in [0.25, 0.3) is 0 Å². The molecule has 0 radical (unpaired) electrons. The van der Waals surface area contributed by atoms with Gasteiger partial charge in [-0.15, -0.1) is 0 Å². The summed E-state index contributed by atoms with van der Waals surface area (Å²) in [6.45, 7) is 1.64. The van der Waals surface area contributed by atoms with Gasteiger partial charge < -0.3 is 25.8 Å². The Balaban J connectivity index is 2.53. The summed E-state index contributed by atoms with van der Waals surface area (Å²) in [6.07, 6.45) is 2.39. The van der Waals surface area contributed by atoms with E-state index >= 15 is 0 Å². The third kappa shape index (κ3) is 4.66. The van der Waals surface area contributed by atoms with Crippen LogP contribution in [0.4, 0.5) is 4.79 Å². The molecule has 2 atom stereocenters. The predicted octanol–water partition coefficient (Wildman–Crippen LogP) is -0.302. The van der Waals surface area contributed by atoms with Gasteiger partial charge in [0.05, 0.1) is 12.5 Å². The highest BCUT2D eigenvalue weighted by Gasteiger charge is 2.23. The molecule has 0 aliphatic carbocycles. The Morgan fingerprint density at radius 2 is 2.05 bits per heavy atom. The molecule has 1 aromatic heterocycles. The van der Waals surface area contributed by atoms with Gasteiger partial charge in [-0.2, -0.15) is 0 Å². The summed E-state index contributed by atoms with van der Waals surface area (Å²) in [6, 6.07) is -2.73. The van der Waals surface area contributed by atoms with Gasteiger partial charge in [-0.25, -0.2) is 14.6 Å². The lowest BCUT2D eigenvalue weighted by atomic mass is 10.2. The van der Waals surface area contributed by atoms with Gasteiger partial charge in [0.25, 0.3) is 0 Å². The molecule has 1 aromatic rings. The van der Waals surface area contributed by atoms with Gasteiger partial charge in [0.1, 0.15) is 11.9 Å². The first-order chi connectivity index (χ1) is 8.90. The van der Waals surface area contributed by atoms with E-state index in [1.54, 1.807) is 13.1 Å². The molecule has 5 N–H and O–H groups in total. The molecule has 0 saturated carbocycles. The van der Waals surface area contributed by atoms with Gasteiger partial charge in [0.15, 0.2) is 0 Å². The molecule has 0 aliphatic heterocycles. The SMILES string of the molecule is CC(NC(=O)N[C@H](CC(=O)O)C(=O)O)c1ncc[nH]1. The average molecular weight is 270 g/mol. The third-order valence-corrected chi connectivity index (χ3v) is 2.26. The molecule has 1 rings (SSSR count). The normalized spacial score (nSPS) is 13.3. The molecular weight excluding hydrogens is 256 g/mol. The second-order valence-corrected chi connectivity index (χ2v) is 3.80. The minimum Gasteiger partial charge on any atom is -0.481 e. The first-order valence-corrected chi connectivity index (χ1v) is 5.41. The Labute approximate surface area is 108 Å². The van der Waals surface area contributed by atoms with Crippen molar-refractivity contribution in [3.05, 3.63) is 18.2 Å². The molecule has 0 aromatic carbocycles. The summed E-state index contributed by atoms with van der Waals surface area (Å²) in [5.41, 5.74) is 0. The minimum atomic E-state index is -1.48. The fraction of sp³-hybridized carbons (Fsp3) is 0.400. The Morgan fingerprint density at radius 1 is 1.37 bits per heavy atom. The summed E-state index contributed by atoms with van der Waals surface area (Å²) in [5.74, 6) is -2.23. The van der Waals surface area contributed by atoms with E-state index in [4.69, 9.17) is 10.2 Å². The number of amides is 2. The maximum absolute atomic E-state index is 11.5. The van der Waals surface area contributed by atoms with E-state index in [0.717, 1.165) is 0 Å². The molecule has 2 amide bonds. The lowest BCUT2D eigenvalue weighted by molar-refractivity contribution is -0.145. The van der Waals surface area contributed by atoms with Crippen molar-refractivity contribution >= 4 is 18.0 Å². The van der Waals surface area contributed by atoms with Crippen LogP contribution in [0.3, 0.4) is 0 Å². The Bertz CT molecular complexity index is 458. The maximum atomic E-state index is 11.5. The van der Waals surface area contributed by atoms with Gasteiger partial charge in [0.2, 0.25) is 0 Å². The van der Waals surface area contributed by atoms with Crippen molar-refractivity contribution in [3.8, 4) is 0 Å². The number of hydrogen-bond acceptors (Lipinski definition) is 4. The first kappa shape index (κ1) is 14.5. The van der Waals surface area contributed by atoms with E-state index < -0.39 is 36.5 Å². The van der Waals surface area contributed by atoms with E-state index in [-0.39, 0.29) is 0 Å². The van der Waals surface area contributed by atoms with Crippen molar-refractivity contribution in [2.45, 2.75) is 25.4 Å². The van der Waals surface area contributed by atoms with Crippen LogP contribution in [-0.2, 0) is 9.59 Å². The van der Waals surface area contributed by atoms with Crippen LogP contribution >= 0.6 is 0 Å². The number of aromatic nitrogens is 2. The molecule has 104 valence electrons. The second-order valence-electron chi connectivity index (χ2n) is 3.80. The lowest BCUT2D eigenvalue weighted by Gasteiger charge is -2.16. The summed E-state index contributed by atoms with van der Waals surface area (Å²) in [5, 5.41) is 21.8. The van der Waals surface area contributed by atoms with Gasteiger partial charge in [0, 0.05) is 12.4 Å². The third-order valence-electron chi connectivity index (χ3n) is 2.26. The van der Waals surface area contributed by atoms with Crippen LogP contribution in [-0.4, -0.2) is 44.2 Å². The summed E-state index contributed by atoms with van der Waals surface area (Å²) in [4.78, 5) is 39.4. The van der Waals surface area contributed by atoms with Crippen LogP contribution in [0.15, 0.2) is 12.4 Å². The monoisotopic (exact) mass is 270 g/mol.